The molecular weight excluding hydrogens is 453 g/mol. The van der Waals surface area contributed by atoms with Crippen LogP contribution in [-0.4, -0.2) is 68.4 Å². The predicted octanol–water partition coefficient (Wildman–Crippen LogP) is 1.84. The third kappa shape index (κ3) is 5.56. The fourth-order valence-electron chi connectivity index (χ4n) is 3.48. The minimum absolute atomic E-state index is 0.284. The van der Waals surface area contributed by atoms with Gasteiger partial charge in [-0.25, -0.2) is 17.8 Å². The van der Waals surface area contributed by atoms with Gasteiger partial charge in [-0.3, -0.25) is 4.79 Å². The van der Waals surface area contributed by atoms with Crippen molar-refractivity contribution in [2.45, 2.75) is 17.4 Å². The van der Waals surface area contributed by atoms with E-state index in [1.54, 1.807) is 23.2 Å². The van der Waals surface area contributed by atoms with Crippen molar-refractivity contribution in [3.05, 3.63) is 54.0 Å². The zero-order valence-electron chi connectivity index (χ0n) is 17.6. The Morgan fingerprint density at radius 3 is 2.62 bits per heavy atom. The second-order valence-electron chi connectivity index (χ2n) is 7.18. The lowest BCUT2D eigenvalue weighted by atomic mass is 10.2. The number of hydrogen-bond acceptors (Lipinski definition) is 7. The van der Waals surface area contributed by atoms with Gasteiger partial charge in [0.05, 0.1) is 5.56 Å². The van der Waals surface area contributed by atoms with Crippen molar-refractivity contribution in [1.29, 1.82) is 5.26 Å². The summed E-state index contributed by atoms with van der Waals surface area (Å²) in [5.41, 5.74) is 0.461. The van der Waals surface area contributed by atoms with Crippen LogP contribution in [-0.2, 0) is 14.8 Å². The van der Waals surface area contributed by atoms with Crippen LogP contribution in [0.15, 0.2) is 47.5 Å². The van der Waals surface area contributed by atoms with Gasteiger partial charge in [0, 0.05) is 32.4 Å². The fraction of sp³-hybridized carbons (Fsp3) is 0.381. The van der Waals surface area contributed by atoms with E-state index >= 15 is 0 Å². The molecule has 1 aromatic heterocycles. The molecule has 0 spiro atoms. The number of aromatic nitrogens is 1. The van der Waals surface area contributed by atoms with Gasteiger partial charge in [0.2, 0.25) is 15.9 Å². The van der Waals surface area contributed by atoms with Crippen LogP contribution in [0.2, 0.25) is 0 Å². The summed E-state index contributed by atoms with van der Waals surface area (Å²) in [7, 11) is -4.21. The average molecular weight is 478 g/mol. The van der Waals surface area contributed by atoms with E-state index in [4.69, 9.17) is 0 Å². The van der Waals surface area contributed by atoms with Gasteiger partial charge in [-0.1, -0.05) is 12.1 Å². The maximum atomic E-state index is 14.1. The van der Waals surface area contributed by atoms with Crippen LogP contribution in [0.3, 0.4) is 0 Å². The molecule has 11 heteroatoms. The molecule has 0 radical (unpaired) electrons. The molecule has 170 valence electrons. The number of benzene rings is 1. The minimum Gasteiger partial charge on any atom is -0.352 e. The molecule has 32 heavy (non-hydrogen) atoms. The molecule has 1 fully saturated rings. The van der Waals surface area contributed by atoms with Gasteiger partial charge in [-0.15, -0.1) is 0 Å². The van der Waals surface area contributed by atoms with Crippen LogP contribution in [0.4, 0.5) is 10.2 Å². The van der Waals surface area contributed by atoms with Gasteiger partial charge >= 0.3 is 0 Å². The number of thioether (sulfide) groups is 1. The highest BCUT2D eigenvalue weighted by Gasteiger charge is 2.32. The van der Waals surface area contributed by atoms with E-state index in [-0.39, 0.29) is 12.3 Å². The first-order valence-electron chi connectivity index (χ1n) is 10.0. The van der Waals surface area contributed by atoms with Crippen molar-refractivity contribution in [2.75, 3.05) is 43.1 Å². The smallest absolute Gasteiger partial charge is 0.244 e. The van der Waals surface area contributed by atoms with Gasteiger partial charge in [-0.2, -0.15) is 21.7 Å². The summed E-state index contributed by atoms with van der Waals surface area (Å²) in [5.74, 6) is -0.0786. The third-order valence-electron chi connectivity index (χ3n) is 5.13. The zero-order chi connectivity index (χ0) is 23.1. The summed E-state index contributed by atoms with van der Waals surface area (Å²) in [6.45, 7) is 1.65. The molecule has 1 unspecified atom stereocenters. The number of carbonyl (C=O) groups excluding carboxylic acids is 1. The Morgan fingerprint density at radius 1 is 1.25 bits per heavy atom. The van der Waals surface area contributed by atoms with Crippen molar-refractivity contribution in [2.24, 2.45) is 0 Å². The summed E-state index contributed by atoms with van der Waals surface area (Å²) in [6, 6.07) is 9.59. The lowest BCUT2D eigenvalue weighted by Crippen LogP contribution is -2.55. The first-order chi connectivity index (χ1) is 15.4. The first kappa shape index (κ1) is 24.0. The molecule has 1 aromatic carbocycles. The van der Waals surface area contributed by atoms with Crippen molar-refractivity contribution in [3.8, 4) is 6.07 Å². The van der Waals surface area contributed by atoms with Crippen molar-refractivity contribution in [3.63, 3.8) is 0 Å². The monoisotopic (exact) mass is 477 g/mol. The summed E-state index contributed by atoms with van der Waals surface area (Å²) in [6.07, 6.45) is 3.77. The highest BCUT2D eigenvalue weighted by molar-refractivity contribution is 7.98. The molecule has 1 atom stereocenters. The minimum atomic E-state index is -4.21. The van der Waals surface area contributed by atoms with Crippen LogP contribution >= 0.6 is 11.8 Å². The summed E-state index contributed by atoms with van der Waals surface area (Å²) < 4.78 is 41.9. The number of rotatable bonds is 8. The largest absolute Gasteiger partial charge is 0.352 e. The topological polar surface area (TPSA) is 106 Å². The molecule has 0 aliphatic carbocycles. The highest BCUT2D eigenvalue weighted by atomic mass is 32.2. The molecule has 1 N–H and O–H groups in total. The molecule has 1 aliphatic rings. The second-order valence-corrected chi connectivity index (χ2v) is 9.85. The number of pyridine rings is 1. The quantitative estimate of drug-likeness (QED) is 0.618. The number of hydrogen-bond donors (Lipinski definition) is 1. The van der Waals surface area contributed by atoms with E-state index in [9.17, 15) is 22.9 Å². The van der Waals surface area contributed by atoms with Gasteiger partial charge in [0.15, 0.2) is 0 Å². The summed E-state index contributed by atoms with van der Waals surface area (Å²) in [4.78, 5) is 20.5. The number of carbonyl (C=O) groups is 1. The van der Waals surface area contributed by atoms with Crippen molar-refractivity contribution >= 4 is 33.5 Å². The maximum absolute atomic E-state index is 14.1. The van der Waals surface area contributed by atoms with Crippen LogP contribution in [0.5, 0.6) is 0 Å². The molecule has 0 saturated carbocycles. The number of piperazine rings is 1. The Bertz CT molecular complexity index is 1100. The van der Waals surface area contributed by atoms with E-state index in [0.717, 1.165) is 6.07 Å². The van der Waals surface area contributed by atoms with Crippen LogP contribution in [0.1, 0.15) is 12.0 Å². The maximum Gasteiger partial charge on any atom is 0.244 e. The number of sulfonamides is 1. The Balaban J connectivity index is 1.72. The number of halogens is 1. The summed E-state index contributed by atoms with van der Waals surface area (Å²) in [5, 5.41) is 9.29. The van der Waals surface area contributed by atoms with Crippen molar-refractivity contribution < 1.29 is 17.6 Å². The summed E-state index contributed by atoms with van der Waals surface area (Å²) >= 11 is 1.49. The van der Waals surface area contributed by atoms with Crippen molar-refractivity contribution in [1.82, 2.24) is 14.6 Å². The third-order valence-corrected chi connectivity index (χ3v) is 7.28. The molecule has 2 aromatic rings. The van der Waals surface area contributed by atoms with Gasteiger partial charge < -0.3 is 9.80 Å². The van der Waals surface area contributed by atoms with Gasteiger partial charge in [-0.05, 0) is 42.7 Å². The van der Waals surface area contributed by atoms with E-state index in [2.05, 4.69) is 15.8 Å². The Labute approximate surface area is 191 Å². The Hall–Kier alpha value is -2.68. The van der Waals surface area contributed by atoms with E-state index in [1.807, 2.05) is 11.2 Å². The second kappa shape index (κ2) is 10.8. The Kier molecular flexibility index (Phi) is 8.06. The number of nitrogens with zero attached hydrogens (tertiary/aromatic N) is 4. The number of nitrogens with one attached hydrogen (secondary N) is 1. The highest BCUT2D eigenvalue weighted by Crippen LogP contribution is 2.20. The number of nitriles is 1. The normalized spacial score (nSPS) is 15.3. The molecular formula is C21H24FN5O3S2. The van der Waals surface area contributed by atoms with Crippen LogP contribution in [0, 0.1) is 17.1 Å². The molecule has 8 nitrogen and oxygen atoms in total. The lowest BCUT2D eigenvalue weighted by molar-refractivity contribution is -0.133. The standard InChI is InChI=1S/C21H24FN5O3S2/c1-31-14-8-18(25-32(29,30)19-7-3-2-6-17(19)22)21(28)27-12-10-26(11-13-27)20-16(15-23)5-4-9-24-20/h2-7,9,18,25H,8,10-14H2,1H3. The fourth-order valence-corrected chi connectivity index (χ4v) is 5.25. The van der Waals surface area contributed by atoms with Gasteiger partial charge in [0.1, 0.15) is 28.6 Å². The number of amides is 1. The van der Waals surface area contributed by atoms with Gasteiger partial charge in [0.25, 0.3) is 0 Å². The molecule has 1 aliphatic heterocycles. The van der Waals surface area contributed by atoms with E-state index < -0.39 is 26.8 Å². The number of anilines is 1. The molecule has 1 saturated heterocycles. The molecule has 3 rings (SSSR count). The lowest BCUT2D eigenvalue weighted by Gasteiger charge is -2.37. The molecule has 0 bridgehead atoms. The van der Waals surface area contributed by atoms with Crippen LogP contribution < -0.4 is 9.62 Å². The Morgan fingerprint density at radius 2 is 1.97 bits per heavy atom. The average Bonchev–Trinajstić information content (AvgIpc) is 2.81. The van der Waals surface area contributed by atoms with E-state index in [1.165, 1.54) is 30.0 Å². The van der Waals surface area contributed by atoms with E-state index in [0.29, 0.717) is 43.3 Å². The van der Waals surface area contributed by atoms with Crippen LogP contribution in [0.25, 0.3) is 0 Å². The molecule has 2 heterocycles. The first-order valence-corrected chi connectivity index (χ1v) is 12.9. The predicted molar refractivity (Wildman–Crippen MR) is 121 cm³/mol. The molecule has 1 amide bonds. The zero-order valence-corrected chi connectivity index (χ0v) is 19.2. The SMILES string of the molecule is CSCCC(NS(=O)(=O)c1ccccc1F)C(=O)N1CCN(c2ncccc2C#N)CC1.